The van der Waals surface area contributed by atoms with Gasteiger partial charge in [-0.3, -0.25) is 0 Å². The van der Waals surface area contributed by atoms with E-state index >= 15 is 0 Å². The molecule has 0 saturated carbocycles. The number of carboxylic acid groups (broad SMARTS) is 1. The number of nitrogens with zero attached hydrogens (tertiary/aromatic N) is 2. The lowest BCUT2D eigenvalue weighted by Gasteiger charge is -2.12. The molecule has 1 heterocycles. The second-order valence-electron chi connectivity index (χ2n) is 5.20. The molecule has 1 aromatic carbocycles. The van der Waals surface area contributed by atoms with Crippen LogP contribution in [0.4, 0.5) is 0 Å². The number of rotatable bonds is 5. The lowest BCUT2D eigenvalue weighted by Crippen LogP contribution is -2.30. The number of aromatic carboxylic acids is 1. The van der Waals surface area contributed by atoms with Crippen LogP contribution in [0.3, 0.4) is 0 Å². The normalized spacial score (nSPS) is 11.8. The number of benzene rings is 1. The van der Waals surface area contributed by atoms with Crippen LogP contribution in [-0.4, -0.2) is 35.3 Å². The molecule has 22 heavy (non-hydrogen) atoms. The molecule has 0 spiro atoms. The first-order chi connectivity index (χ1) is 10.2. The van der Waals surface area contributed by atoms with Crippen molar-refractivity contribution < 1.29 is 18.3 Å². The van der Waals surface area contributed by atoms with E-state index in [1.807, 2.05) is 0 Å². The average Bonchev–Trinajstić information content (AvgIpc) is 2.83. The zero-order valence-electron chi connectivity index (χ0n) is 12.4. The number of sulfonamides is 1. The molecule has 0 saturated heterocycles. The van der Waals surface area contributed by atoms with E-state index in [1.165, 1.54) is 16.8 Å². The van der Waals surface area contributed by atoms with E-state index in [-0.39, 0.29) is 16.5 Å². The molecule has 0 atom stereocenters. The molecule has 2 N–H and O–H groups in total. The number of aryl methyl sites for hydroxylation is 1. The predicted molar refractivity (Wildman–Crippen MR) is 80.7 cm³/mol. The van der Waals surface area contributed by atoms with E-state index in [1.54, 1.807) is 33.0 Å². The molecule has 0 amide bonds. The summed E-state index contributed by atoms with van der Waals surface area (Å²) in [6.07, 6.45) is 1.64. The molecule has 0 unspecified atom stereocenters. The Morgan fingerprint density at radius 1 is 1.32 bits per heavy atom. The van der Waals surface area contributed by atoms with Gasteiger partial charge in [0.1, 0.15) is 0 Å². The van der Waals surface area contributed by atoms with Gasteiger partial charge in [0, 0.05) is 12.2 Å². The van der Waals surface area contributed by atoms with E-state index in [0.29, 0.717) is 5.69 Å². The summed E-state index contributed by atoms with van der Waals surface area (Å²) in [6, 6.07) is 5.35. The largest absolute Gasteiger partial charge is 0.478 e. The summed E-state index contributed by atoms with van der Waals surface area (Å²) in [7, 11) is -3.79. The Morgan fingerprint density at radius 2 is 2.00 bits per heavy atom. The summed E-state index contributed by atoms with van der Waals surface area (Å²) in [5.41, 5.74) is 0.998. The SMILES string of the molecule is Cc1ccn(-c2cc(C(=O)O)cc(S(=O)(=O)NC(C)C)c2)n1. The van der Waals surface area contributed by atoms with Gasteiger partial charge in [0.2, 0.25) is 10.0 Å². The number of hydrogen-bond donors (Lipinski definition) is 2. The van der Waals surface area contributed by atoms with Crippen molar-refractivity contribution in [3.05, 3.63) is 41.7 Å². The third-order valence-corrected chi connectivity index (χ3v) is 4.46. The van der Waals surface area contributed by atoms with Crippen molar-refractivity contribution in [3.63, 3.8) is 0 Å². The van der Waals surface area contributed by atoms with Crippen molar-refractivity contribution in [2.24, 2.45) is 0 Å². The summed E-state index contributed by atoms with van der Waals surface area (Å²) in [5, 5.41) is 13.4. The maximum atomic E-state index is 12.3. The highest BCUT2D eigenvalue weighted by Crippen LogP contribution is 2.19. The van der Waals surface area contributed by atoms with Crippen LogP contribution in [0.1, 0.15) is 29.9 Å². The lowest BCUT2D eigenvalue weighted by molar-refractivity contribution is 0.0696. The Balaban J connectivity index is 2.60. The number of carboxylic acids is 1. The lowest BCUT2D eigenvalue weighted by atomic mass is 10.2. The third kappa shape index (κ3) is 3.52. The molecule has 2 rings (SSSR count). The molecule has 0 aliphatic carbocycles. The first kappa shape index (κ1) is 16.2. The Kier molecular flexibility index (Phi) is 4.34. The minimum atomic E-state index is -3.79. The summed E-state index contributed by atoms with van der Waals surface area (Å²) < 4.78 is 28.4. The van der Waals surface area contributed by atoms with Crippen molar-refractivity contribution >= 4 is 16.0 Å². The molecule has 8 heteroatoms. The van der Waals surface area contributed by atoms with E-state index in [9.17, 15) is 18.3 Å². The second kappa shape index (κ2) is 5.90. The molecule has 7 nitrogen and oxygen atoms in total. The fourth-order valence-corrected chi connectivity index (χ4v) is 3.25. The monoisotopic (exact) mass is 323 g/mol. The molecular formula is C14H17N3O4S. The van der Waals surface area contributed by atoms with Crippen molar-refractivity contribution in [2.45, 2.75) is 31.7 Å². The maximum absolute atomic E-state index is 12.3. The quantitative estimate of drug-likeness (QED) is 0.869. The van der Waals surface area contributed by atoms with Crippen molar-refractivity contribution in [3.8, 4) is 5.69 Å². The van der Waals surface area contributed by atoms with E-state index in [0.717, 1.165) is 11.8 Å². The Hall–Kier alpha value is -2.19. The van der Waals surface area contributed by atoms with Crippen molar-refractivity contribution in [1.82, 2.24) is 14.5 Å². The standard InChI is InChI=1S/C14H17N3O4S/c1-9(2)16-22(20,21)13-7-11(14(18)19)6-12(8-13)17-5-4-10(3)15-17/h4-9,16H,1-3H3,(H,18,19). The van der Waals surface area contributed by atoms with Gasteiger partial charge in [-0.15, -0.1) is 0 Å². The molecule has 1 aromatic heterocycles. The highest BCUT2D eigenvalue weighted by atomic mass is 32.2. The van der Waals surface area contributed by atoms with Gasteiger partial charge in [0.05, 0.1) is 21.8 Å². The molecule has 0 aliphatic rings. The van der Waals surface area contributed by atoms with Gasteiger partial charge in [-0.05, 0) is 45.0 Å². The van der Waals surface area contributed by atoms with Crippen LogP contribution in [0.15, 0.2) is 35.4 Å². The van der Waals surface area contributed by atoms with Crippen molar-refractivity contribution in [1.29, 1.82) is 0 Å². The first-order valence-electron chi connectivity index (χ1n) is 6.62. The number of carbonyl (C=O) groups is 1. The zero-order valence-corrected chi connectivity index (χ0v) is 13.3. The Morgan fingerprint density at radius 3 is 2.50 bits per heavy atom. The summed E-state index contributed by atoms with van der Waals surface area (Å²) in [5.74, 6) is -1.20. The number of nitrogens with one attached hydrogen (secondary N) is 1. The smallest absolute Gasteiger partial charge is 0.335 e. The van der Waals surface area contributed by atoms with Crippen LogP contribution in [0.2, 0.25) is 0 Å². The summed E-state index contributed by atoms with van der Waals surface area (Å²) in [4.78, 5) is 11.1. The van der Waals surface area contributed by atoms with Gasteiger partial charge in [0.25, 0.3) is 0 Å². The Labute approximate surface area is 128 Å². The predicted octanol–water partition coefficient (Wildman–Crippen LogP) is 1.57. The highest BCUT2D eigenvalue weighted by Gasteiger charge is 2.19. The van der Waals surface area contributed by atoms with E-state index < -0.39 is 16.0 Å². The topological polar surface area (TPSA) is 101 Å². The summed E-state index contributed by atoms with van der Waals surface area (Å²) >= 11 is 0. The fraction of sp³-hybridized carbons (Fsp3) is 0.286. The van der Waals surface area contributed by atoms with Crippen LogP contribution in [0, 0.1) is 6.92 Å². The molecule has 2 aromatic rings. The molecule has 0 bridgehead atoms. The maximum Gasteiger partial charge on any atom is 0.335 e. The fourth-order valence-electron chi connectivity index (χ4n) is 1.93. The van der Waals surface area contributed by atoms with E-state index in [2.05, 4.69) is 9.82 Å². The van der Waals surface area contributed by atoms with E-state index in [4.69, 9.17) is 0 Å². The first-order valence-corrected chi connectivity index (χ1v) is 8.11. The van der Waals surface area contributed by atoms with Gasteiger partial charge in [-0.25, -0.2) is 22.6 Å². The van der Waals surface area contributed by atoms with Gasteiger partial charge in [-0.1, -0.05) is 0 Å². The molecule has 0 radical (unpaired) electrons. The average molecular weight is 323 g/mol. The van der Waals surface area contributed by atoms with Crippen LogP contribution >= 0.6 is 0 Å². The highest BCUT2D eigenvalue weighted by molar-refractivity contribution is 7.89. The van der Waals surface area contributed by atoms with Crippen LogP contribution < -0.4 is 4.72 Å². The molecule has 0 fully saturated rings. The van der Waals surface area contributed by atoms with Crippen LogP contribution in [0.25, 0.3) is 5.69 Å². The van der Waals surface area contributed by atoms with Gasteiger partial charge >= 0.3 is 5.97 Å². The minimum Gasteiger partial charge on any atom is -0.478 e. The second-order valence-corrected chi connectivity index (χ2v) is 6.91. The number of aromatic nitrogens is 2. The summed E-state index contributed by atoms with van der Waals surface area (Å²) in [6.45, 7) is 5.17. The molecular weight excluding hydrogens is 306 g/mol. The van der Waals surface area contributed by atoms with Gasteiger partial charge in [0.15, 0.2) is 0 Å². The Bertz CT molecular complexity index is 809. The van der Waals surface area contributed by atoms with Gasteiger partial charge in [-0.2, -0.15) is 5.10 Å². The number of hydrogen-bond acceptors (Lipinski definition) is 4. The molecule has 118 valence electrons. The molecule has 0 aliphatic heterocycles. The minimum absolute atomic E-state index is 0.107. The third-order valence-electron chi connectivity index (χ3n) is 2.83. The zero-order chi connectivity index (χ0) is 16.5. The van der Waals surface area contributed by atoms with Crippen LogP contribution in [0.5, 0.6) is 0 Å². The van der Waals surface area contributed by atoms with Gasteiger partial charge < -0.3 is 5.11 Å². The van der Waals surface area contributed by atoms with Crippen molar-refractivity contribution in [2.75, 3.05) is 0 Å². The van der Waals surface area contributed by atoms with Crippen LogP contribution in [-0.2, 0) is 10.0 Å².